The van der Waals surface area contributed by atoms with Crippen LogP contribution in [-0.4, -0.2) is 64.9 Å². The molecule has 0 aliphatic heterocycles. The molecule has 0 saturated carbocycles. The first-order chi connectivity index (χ1) is 34.6. The maximum absolute atomic E-state index is 12.4. The van der Waals surface area contributed by atoms with Crippen molar-refractivity contribution in [1.29, 1.82) is 0 Å². The number of unbranched alkanes of at least 4 members (excludes halogenated alkanes) is 36. The first-order valence-electron chi connectivity index (χ1n) is 29.5. The second kappa shape index (κ2) is 54.0. The van der Waals surface area contributed by atoms with Crippen LogP contribution in [0.25, 0.3) is 0 Å². The van der Waals surface area contributed by atoms with Crippen LogP contribution in [-0.2, 0) is 32.7 Å². The van der Waals surface area contributed by atoms with Crippen LogP contribution in [0.4, 0.5) is 0 Å². The molecule has 0 spiro atoms. The lowest BCUT2D eigenvalue weighted by atomic mass is 10.0. The number of allylic oxidation sites excluding steroid dienone is 6. The number of carboxylic acid groups (broad SMARTS) is 1. The predicted molar refractivity (Wildman–Crippen MR) is 296 cm³/mol. The standard InChI is InChI=1S/C59H110NO10P/c1-3-5-7-9-11-13-15-17-19-21-23-25-27-29-30-32-34-36-38-40-42-44-46-48-50-57(62)60-56(59(64)65)54-70-71(66,67)69-53-55(61)52-68-58(63)51-49-47-45-43-41-39-37-35-33-31-28-26-24-22-20-18-16-14-12-10-8-6-4-2/h12,14,18,20,24,26,55-56,61H,3-11,13,15-17,19,21-23,25,27-54H2,1-2H3,(H,60,62)(H,64,65)(H,66,67)/b14-12-,20-18-,26-24-. The number of hydrogen-bond acceptors (Lipinski definition) is 8. The summed E-state index contributed by atoms with van der Waals surface area (Å²) in [6.45, 7) is 2.63. The average Bonchev–Trinajstić information content (AvgIpc) is 3.35. The summed E-state index contributed by atoms with van der Waals surface area (Å²) in [6.07, 6.45) is 63.2. The zero-order valence-corrected chi connectivity index (χ0v) is 46.7. The number of nitrogens with one attached hydrogen (secondary N) is 1. The molecule has 0 bridgehead atoms. The Kier molecular flexibility index (Phi) is 52.2. The largest absolute Gasteiger partial charge is 0.480 e. The van der Waals surface area contributed by atoms with Gasteiger partial charge in [0.1, 0.15) is 12.7 Å². The minimum Gasteiger partial charge on any atom is -0.480 e. The Bertz CT molecular complexity index is 1340. The molecule has 4 N–H and O–H groups in total. The molecule has 0 radical (unpaired) electrons. The summed E-state index contributed by atoms with van der Waals surface area (Å²) in [5.41, 5.74) is 0. The zero-order valence-electron chi connectivity index (χ0n) is 45.8. The lowest BCUT2D eigenvalue weighted by molar-refractivity contribution is -0.147. The normalized spacial score (nSPS) is 13.6. The lowest BCUT2D eigenvalue weighted by Gasteiger charge is -2.18. The van der Waals surface area contributed by atoms with Crippen molar-refractivity contribution in [2.45, 2.75) is 302 Å². The van der Waals surface area contributed by atoms with Gasteiger partial charge in [-0.25, -0.2) is 9.36 Å². The van der Waals surface area contributed by atoms with Crippen molar-refractivity contribution in [3.05, 3.63) is 36.5 Å². The monoisotopic (exact) mass is 1020 g/mol. The average molecular weight is 1020 g/mol. The highest BCUT2D eigenvalue weighted by Crippen LogP contribution is 2.43. The SMILES string of the molecule is CCCCC/C=C\C/C=C\C/C=C\CCCCCCCCCCCCC(=O)OCC(O)COP(=O)(O)OCC(NC(=O)CCCCCCCCCCCCCCCCCCCCCCCCCC)C(=O)O. The molecule has 0 aliphatic rings. The van der Waals surface area contributed by atoms with Crippen LogP contribution < -0.4 is 5.32 Å². The third-order valence-electron chi connectivity index (χ3n) is 13.2. The molecule has 0 rings (SSSR count). The predicted octanol–water partition coefficient (Wildman–Crippen LogP) is 17.1. The number of carbonyl (C=O) groups is 3. The van der Waals surface area contributed by atoms with E-state index in [2.05, 4.69) is 55.6 Å². The number of carbonyl (C=O) groups excluding carboxylic acids is 2. The van der Waals surface area contributed by atoms with Crippen molar-refractivity contribution >= 4 is 25.7 Å². The van der Waals surface area contributed by atoms with E-state index in [0.717, 1.165) is 57.8 Å². The fourth-order valence-electron chi connectivity index (χ4n) is 8.62. The van der Waals surface area contributed by atoms with Crippen molar-refractivity contribution in [3.8, 4) is 0 Å². The highest BCUT2D eigenvalue weighted by Gasteiger charge is 2.28. The van der Waals surface area contributed by atoms with E-state index < -0.39 is 57.6 Å². The molecule has 0 aromatic carbocycles. The number of aliphatic hydroxyl groups excluding tert-OH is 1. The Morgan fingerprint density at radius 3 is 1.18 bits per heavy atom. The van der Waals surface area contributed by atoms with Gasteiger partial charge in [-0.05, 0) is 51.4 Å². The van der Waals surface area contributed by atoms with Crippen LogP contribution in [0.1, 0.15) is 290 Å². The Morgan fingerprint density at radius 2 is 0.775 bits per heavy atom. The number of rotatable bonds is 56. The molecular weight excluding hydrogens is 914 g/mol. The van der Waals surface area contributed by atoms with E-state index in [0.29, 0.717) is 12.8 Å². The summed E-state index contributed by atoms with van der Waals surface area (Å²) in [4.78, 5) is 46.3. The second-order valence-electron chi connectivity index (χ2n) is 20.2. The number of aliphatic hydroxyl groups is 1. The van der Waals surface area contributed by atoms with Crippen molar-refractivity contribution in [3.63, 3.8) is 0 Å². The first kappa shape index (κ1) is 68.7. The van der Waals surface area contributed by atoms with E-state index in [9.17, 15) is 34.1 Å². The van der Waals surface area contributed by atoms with E-state index in [1.54, 1.807) is 0 Å². The van der Waals surface area contributed by atoms with E-state index in [1.165, 1.54) is 193 Å². The van der Waals surface area contributed by atoms with Crippen molar-refractivity contribution in [2.24, 2.45) is 0 Å². The molecule has 0 aromatic rings. The fraction of sp³-hybridized carbons (Fsp3) is 0.847. The summed E-state index contributed by atoms with van der Waals surface area (Å²) in [7, 11) is -4.77. The summed E-state index contributed by atoms with van der Waals surface area (Å²) in [5.74, 6) is -2.36. The van der Waals surface area contributed by atoms with Gasteiger partial charge in [0.2, 0.25) is 5.91 Å². The van der Waals surface area contributed by atoms with Crippen LogP contribution in [0.5, 0.6) is 0 Å². The number of esters is 1. The molecule has 0 fully saturated rings. The Hall–Kier alpha value is -2.30. The Morgan fingerprint density at radius 1 is 0.451 bits per heavy atom. The van der Waals surface area contributed by atoms with Crippen LogP contribution >= 0.6 is 7.82 Å². The van der Waals surface area contributed by atoms with E-state index in [-0.39, 0.29) is 12.8 Å². The molecule has 0 aromatic heterocycles. The van der Waals surface area contributed by atoms with Crippen LogP contribution in [0, 0.1) is 0 Å². The van der Waals surface area contributed by atoms with Gasteiger partial charge in [-0.1, -0.05) is 262 Å². The van der Waals surface area contributed by atoms with E-state index in [1.807, 2.05) is 0 Å². The van der Waals surface area contributed by atoms with E-state index in [4.69, 9.17) is 13.8 Å². The molecule has 3 atom stereocenters. The topological polar surface area (TPSA) is 169 Å². The first-order valence-corrected chi connectivity index (χ1v) is 31.0. The minimum absolute atomic E-state index is 0.150. The number of phosphoric acid groups is 1. The third-order valence-corrected chi connectivity index (χ3v) is 14.1. The van der Waals surface area contributed by atoms with Gasteiger partial charge in [0, 0.05) is 12.8 Å². The molecule has 11 nitrogen and oxygen atoms in total. The Labute approximate surface area is 435 Å². The number of aliphatic carboxylic acids is 1. The van der Waals surface area contributed by atoms with Crippen molar-refractivity contribution < 1.29 is 47.8 Å². The van der Waals surface area contributed by atoms with Crippen LogP contribution in [0.2, 0.25) is 0 Å². The fourth-order valence-corrected chi connectivity index (χ4v) is 9.39. The number of ether oxygens (including phenoxy) is 1. The zero-order chi connectivity index (χ0) is 52.0. The number of phosphoric ester groups is 1. The summed E-state index contributed by atoms with van der Waals surface area (Å²) < 4.78 is 27.0. The quantitative estimate of drug-likeness (QED) is 0.0199. The van der Waals surface area contributed by atoms with Gasteiger partial charge < -0.3 is 25.2 Å². The lowest BCUT2D eigenvalue weighted by Crippen LogP contribution is -2.43. The van der Waals surface area contributed by atoms with Gasteiger partial charge in [-0.15, -0.1) is 0 Å². The van der Waals surface area contributed by atoms with E-state index >= 15 is 0 Å². The molecule has 1 amide bonds. The number of amides is 1. The van der Waals surface area contributed by atoms with Gasteiger partial charge >= 0.3 is 19.8 Å². The molecule has 3 unspecified atom stereocenters. The number of hydrogen-bond donors (Lipinski definition) is 4. The maximum atomic E-state index is 12.4. The van der Waals surface area contributed by atoms with Gasteiger partial charge in [-0.2, -0.15) is 0 Å². The van der Waals surface area contributed by atoms with Crippen LogP contribution in [0.15, 0.2) is 36.5 Å². The summed E-state index contributed by atoms with van der Waals surface area (Å²) >= 11 is 0. The highest BCUT2D eigenvalue weighted by molar-refractivity contribution is 7.47. The van der Waals surface area contributed by atoms with Crippen LogP contribution in [0.3, 0.4) is 0 Å². The molecule has 0 aliphatic carbocycles. The van der Waals surface area contributed by atoms with Gasteiger partial charge in [-0.3, -0.25) is 18.6 Å². The van der Waals surface area contributed by atoms with Gasteiger partial charge in [0.05, 0.1) is 13.2 Å². The summed E-state index contributed by atoms with van der Waals surface area (Å²) in [5, 5.41) is 22.0. The van der Waals surface area contributed by atoms with Crippen molar-refractivity contribution in [1.82, 2.24) is 5.32 Å². The second-order valence-corrected chi connectivity index (χ2v) is 21.6. The summed E-state index contributed by atoms with van der Waals surface area (Å²) in [6, 6.07) is -1.55. The smallest absolute Gasteiger partial charge is 0.472 e. The number of carboxylic acids is 1. The molecule has 12 heteroatoms. The molecule has 0 heterocycles. The van der Waals surface area contributed by atoms with Gasteiger partial charge in [0.25, 0.3) is 0 Å². The molecule has 0 saturated heterocycles. The molecule has 71 heavy (non-hydrogen) atoms. The minimum atomic E-state index is -4.77. The molecule has 416 valence electrons. The van der Waals surface area contributed by atoms with Gasteiger partial charge in [0.15, 0.2) is 6.04 Å². The molecular formula is C59H110NO10P. The highest BCUT2D eigenvalue weighted by atomic mass is 31.2. The Balaban J connectivity index is 3.75. The maximum Gasteiger partial charge on any atom is 0.472 e. The third kappa shape index (κ3) is 53.8. The van der Waals surface area contributed by atoms with Crippen molar-refractivity contribution in [2.75, 3.05) is 19.8 Å².